The Morgan fingerprint density at radius 2 is 1.33 bits per heavy atom. The largest absolute Gasteiger partial charge is 0.460 e. The number of carbonyl (C=O) groups is 5. The van der Waals surface area contributed by atoms with Crippen LogP contribution in [-0.2, 0) is 52.8 Å². The molecule has 0 fully saturated rings. The molecule has 5 aromatic rings. The molecule has 1 N–H and O–H groups in total. The molecule has 0 aliphatic rings. The van der Waals surface area contributed by atoms with E-state index in [9.17, 15) is 24.0 Å². The molecule has 10 nitrogen and oxygen atoms in total. The maximum Gasteiger partial charge on any atom is 0.398 e. The number of hydrogen-bond donors (Lipinski definition) is 1. The molecule has 10 heteroatoms. The number of nitrogens with zero attached hydrogens (tertiary/aromatic N) is 1. The molecule has 55 heavy (non-hydrogen) atoms. The molecular formula is C45H42N2O8. The molecule has 5 aromatic carbocycles. The van der Waals surface area contributed by atoms with E-state index < -0.39 is 41.9 Å². The maximum atomic E-state index is 14.3. The number of rotatable bonds is 15. The lowest BCUT2D eigenvalue weighted by atomic mass is 9.99. The molecule has 1 atom stereocenters. The van der Waals surface area contributed by atoms with Crippen LogP contribution in [0.2, 0.25) is 0 Å². The summed E-state index contributed by atoms with van der Waals surface area (Å²) in [4.78, 5) is 68.1. The van der Waals surface area contributed by atoms with E-state index in [1.807, 2.05) is 73.7 Å². The summed E-state index contributed by atoms with van der Waals surface area (Å²) >= 11 is 0. The third-order valence-corrected chi connectivity index (χ3v) is 8.60. The van der Waals surface area contributed by atoms with Crippen LogP contribution < -0.4 is 10.2 Å². The van der Waals surface area contributed by atoms with Crippen LogP contribution in [0.1, 0.15) is 58.1 Å². The van der Waals surface area contributed by atoms with Gasteiger partial charge in [0.05, 0.1) is 16.9 Å². The Morgan fingerprint density at radius 3 is 1.93 bits per heavy atom. The van der Waals surface area contributed by atoms with E-state index in [4.69, 9.17) is 14.2 Å². The second kappa shape index (κ2) is 19.3. The molecule has 0 saturated carbocycles. The van der Waals surface area contributed by atoms with Crippen LogP contribution in [0.4, 0.5) is 11.4 Å². The van der Waals surface area contributed by atoms with E-state index >= 15 is 0 Å². The second-order valence-corrected chi connectivity index (χ2v) is 12.5. The molecule has 0 spiro atoms. The number of carbonyl (C=O) groups excluding carboxylic acids is 5. The van der Waals surface area contributed by atoms with Crippen LogP contribution >= 0.6 is 0 Å². The van der Waals surface area contributed by atoms with Gasteiger partial charge in [0.2, 0.25) is 5.91 Å². The Balaban J connectivity index is 1.56. The smallest absolute Gasteiger partial charge is 0.398 e. The van der Waals surface area contributed by atoms with Crippen LogP contribution in [0, 0.1) is 0 Å². The van der Waals surface area contributed by atoms with Crippen molar-refractivity contribution in [2.45, 2.75) is 45.4 Å². The summed E-state index contributed by atoms with van der Waals surface area (Å²) in [6.07, 6.45) is 1.12. The fourth-order valence-corrected chi connectivity index (χ4v) is 6.00. The molecule has 2 amide bonds. The van der Waals surface area contributed by atoms with Crippen molar-refractivity contribution < 1.29 is 38.2 Å². The first-order valence-corrected chi connectivity index (χ1v) is 17.8. The number of esters is 3. The highest BCUT2D eigenvalue weighted by Gasteiger charge is 2.33. The normalized spacial score (nSPS) is 11.2. The lowest BCUT2D eigenvalue weighted by molar-refractivity contribution is -0.154. The Kier molecular flexibility index (Phi) is 13.8. The number of benzene rings is 5. The highest BCUT2D eigenvalue weighted by atomic mass is 16.5. The van der Waals surface area contributed by atoms with Gasteiger partial charge in [-0.1, -0.05) is 135 Å². The Bertz CT molecular complexity index is 2080. The molecular weight excluding hydrogens is 697 g/mol. The summed E-state index contributed by atoms with van der Waals surface area (Å²) in [5, 5.41) is 2.63. The van der Waals surface area contributed by atoms with Gasteiger partial charge in [0, 0.05) is 13.3 Å². The van der Waals surface area contributed by atoms with Crippen molar-refractivity contribution in [2.24, 2.45) is 0 Å². The van der Waals surface area contributed by atoms with E-state index in [0.717, 1.165) is 16.0 Å². The molecule has 5 rings (SSSR count). The summed E-state index contributed by atoms with van der Waals surface area (Å²) in [6, 6.07) is 38.1. The minimum Gasteiger partial charge on any atom is -0.460 e. The van der Waals surface area contributed by atoms with Crippen molar-refractivity contribution in [1.82, 2.24) is 5.32 Å². The summed E-state index contributed by atoms with van der Waals surface area (Å²) in [6.45, 7) is 6.57. The van der Waals surface area contributed by atoms with Gasteiger partial charge < -0.3 is 19.5 Å². The fourth-order valence-electron chi connectivity index (χ4n) is 6.00. The minimum absolute atomic E-state index is 0.0230. The summed E-state index contributed by atoms with van der Waals surface area (Å²) in [5.41, 5.74) is 3.87. The highest BCUT2D eigenvalue weighted by Crippen LogP contribution is 2.35. The number of ether oxygens (including phenoxy) is 3. The average Bonchev–Trinajstić information content (AvgIpc) is 3.22. The first-order valence-electron chi connectivity index (χ1n) is 17.8. The molecule has 0 aliphatic carbocycles. The lowest BCUT2D eigenvalue weighted by Crippen LogP contribution is -2.42. The van der Waals surface area contributed by atoms with Crippen LogP contribution in [-0.4, -0.2) is 42.4 Å². The highest BCUT2D eigenvalue weighted by molar-refractivity contribution is 6.40. The third-order valence-electron chi connectivity index (χ3n) is 8.60. The lowest BCUT2D eigenvalue weighted by Gasteiger charge is -2.27. The molecule has 0 aliphatic heterocycles. The van der Waals surface area contributed by atoms with Crippen LogP contribution in [0.15, 0.2) is 146 Å². The van der Waals surface area contributed by atoms with E-state index in [-0.39, 0.29) is 30.9 Å². The van der Waals surface area contributed by atoms with Gasteiger partial charge >= 0.3 is 23.8 Å². The van der Waals surface area contributed by atoms with Gasteiger partial charge in [0.1, 0.15) is 19.3 Å². The monoisotopic (exact) mass is 738 g/mol. The van der Waals surface area contributed by atoms with Crippen molar-refractivity contribution in [1.29, 1.82) is 0 Å². The predicted octanol–water partition coefficient (Wildman–Crippen LogP) is 7.38. The Labute approximate surface area is 320 Å². The zero-order chi connectivity index (χ0) is 39.2. The van der Waals surface area contributed by atoms with Gasteiger partial charge in [-0.25, -0.2) is 14.4 Å². The van der Waals surface area contributed by atoms with E-state index in [1.165, 1.54) is 19.1 Å². The predicted molar refractivity (Wildman–Crippen MR) is 208 cm³/mol. The first-order chi connectivity index (χ1) is 26.7. The summed E-state index contributed by atoms with van der Waals surface area (Å²) in [7, 11) is 0. The quantitative estimate of drug-likeness (QED) is 0.0510. The van der Waals surface area contributed by atoms with E-state index in [2.05, 4.69) is 11.9 Å². The number of aryl methyl sites for hydroxylation is 1. The zero-order valence-corrected chi connectivity index (χ0v) is 30.7. The Morgan fingerprint density at radius 1 is 0.727 bits per heavy atom. The van der Waals surface area contributed by atoms with Crippen molar-refractivity contribution in [3.63, 3.8) is 0 Å². The number of amides is 2. The van der Waals surface area contributed by atoms with E-state index in [1.54, 1.807) is 60.7 Å². The molecule has 0 heterocycles. The van der Waals surface area contributed by atoms with Crippen molar-refractivity contribution in [2.75, 3.05) is 11.5 Å². The topological polar surface area (TPSA) is 128 Å². The van der Waals surface area contributed by atoms with Crippen molar-refractivity contribution >= 4 is 41.1 Å². The van der Waals surface area contributed by atoms with Gasteiger partial charge in [0.15, 0.2) is 6.10 Å². The SMILES string of the molecule is C=CCOC(=O)C(Cc1ccc(N(C(=O)C(=O)OCc2ccccc2)c2ccccc2C(=O)OC(c2ccccc2)c2ccccc2)c(CC)c1)NC(C)=O. The number of anilines is 2. The molecule has 1 unspecified atom stereocenters. The number of nitrogens with one attached hydrogen (secondary N) is 1. The standard InChI is InChI=1S/C45H42N2O8/c1-4-27-53-44(51)38(46-31(3)48)29-33-25-26-39(34(5-2)28-33)47(42(49)45(52)54-30-32-17-9-6-10-18-32)40-24-16-15-23-37(40)43(50)55-41(35-19-11-7-12-20-35)36-21-13-8-14-22-36/h4,6-26,28,38,41H,1,5,27,29-30H2,2-3H3,(H,46,48). The minimum atomic E-state index is -1.14. The zero-order valence-electron chi connectivity index (χ0n) is 30.7. The van der Waals surface area contributed by atoms with Crippen LogP contribution in [0.25, 0.3) is 0 Å². The molecule has 0 saturated heterocycles. The van der Waals surface area contributed by atoms with Crippen LogP contribution in [0.5, 0.6) is 0 Å². The van der Waals surface area contributed by atoms with Crippen LogP contribution in [0.3, 0.4) is 0 Å². The van der Waals surface area contributed by atoms with Crippen molar-refractivity contribution in [3.05, 3.63) is 179 Å². The fraction of sp³-hybridized carbons (Fsp3) is 0.178. The molecule has 0 bridgehead atoms. The Hall–Kier alpha value is -6.81. The van der Waals surface area contributed by atoms with Gasteiger partial charge in [-0.15, -0.1) is 0 Å². The number of para-hydroxylation sites is 1. The third kappa shape index (κ3) is 10.4. The van der Waals surface area contributed by atoms with Gasteiger partial charge in [0.25, 0.3) is 0 Å². The van der Waals surface area contributed by atoms with Gasteiger partial charge in [-0.2, -0.15) is 0 Å². The summed E-state index contributed by atoms with van der Waals surface area (Å²) < 4.78 is 16.9. The van der Waals surface area contributed by atoms with Crippen molar-refractivity contribution in [3.8, 4) is 0 Å². The van der Waals surface area contributed by atoms with Gasteiger partial charge in [-0.3, -0.25) is 14.5 Å². The number of hydrogen-bond acceptors (Lipinski definition) is 8. The second-order valence-electron chi connectivity index (χ2n) is 12.5. The van der Waals surface area contributed by atoms with E-state index in [0.29, 0.717) is 28.8 Å². The summed E-state index contributed by atoms with van der Waals surface area (Å²) in [5.74, 6) is -3.95. The average molecular weight is 739 g/mol. The molecule has 0 radical (unpaired) electrons. The first kappa shape index (κ1) is 39.4. The maximum absolute atomic E-state index is 14.3. The molecule has 280 valence electrons. The molecule has 0 aromatic heterocycles. The van der Waals surface area contributed by atoms with Gasteiger partial charge in [-0.05, 0) is 52.4 Å².